The third kappa shape index (κ3) is 3.80. The minimum atomic E-state index is -3.95. The van der Waals surface area contributed by atoms with Crippen LogP contribution in [0.25, 0.3) is 0 Å². The Morgan fingerprint density at radius 3 is 2.21 bits per heavy atom. The number of sulfone groups is 2. The van der Waals surface area contributed by atoms with Gasteiger partial charge in [-0.2, -0.15) is 0 Å². The van der Waals surface area contributed by atoms with Gasteiger partial charge in [-0.1, -0.05) is 0 Å². The molecule has 1 heterocycles. The van der Waals surface area contributed by atoms with E-state index in [9.17, 15) is 21.6 Å². The van der Waals surface area contributed by atoms with Crippen molar-refractivity contribution in [3.8, 4) is 0 Å². The van der Waals surface area contributed by atoms with Crippen LogP contribution in [0.15, 0.2) is 21.6 Å². The lowest BCUT2D eigenvalue weighted by atomic mass is 10.5. The van der Waals surface area contributed by atoms with E-state index in [1.54, 1.807) is 0 Å². The Kier molecular flexibility index (Phi) is 4.41. The van der Waals surface area contributed by atoms with E-state index in [0.29, 0.717) is 0 Å². The molecule has 1 rings (SSSR count). The third-order valence-electron chi connectivity index (χ3n) is 2.45. The van der Waals surface area contributed by atoms with Crippen LogP contribution in [-0.2, 0) is 19.7 Å². The molecule has 0 atom stereocenters. The lowest BCUT2D eigenvalue weighted by molar-refractivity contribution is 0.0656. The average Bonchev–Trinajstić information content (AvgIpc) is 2.76. The van der Waals surface area contributed by atoms with Crippen LogP contribution in [0.4, 0.5) is 0 Å². The monoisotopic (exact) mass is 310 g/mol. The van der Waals surface area contributed by atoms with E-state index in [1.165, 1.54) is 13.8 Å². The Labute approximate surface area is 111 Å². The number of hydrogen-bond acceptors (Lipinski definition) is 6. The molecule has 1 aromatic rings. The Morgan fingerprint density at radius 1 is 1.21 bits per heavy atom. The molecule has 0 spiro atoms. The quantitative estimate of drug-likeness (QED) is 0.816. The maximum atomic E-state index is 11.8. The lowest BCUT2D eigenvalue weighted by Crippen LogP contribution is -2.23. The van der Waals surface area contributed by atoms with Crippen molar-refractivity contribution in [3.63, 3.8) is 0 Å². The van der Waals surface area contributed by atoms with E-state index in [1.807, 2.05) is 0 Å². The van der Waals surface area contributed by atoms with Crippen molar-refractivity contribution in [1.82, 2.24) is 0 Å². The molecule has 0 unspecified atom stereocenters. The van der Waals surface area contributed by atoms with Crippen molar-refractivity contribution in [1.29, 1.82) is 0 Å². The van der Waals surface area contributed by atoms with E-state index in [-0.39, 0.29) is 0 Å². The van der Waals surface area contributed by atoms with Gasteiger partial charge in [-0.15, -0.1) is 0 Å². The van der Waals surface area contributed by atoms with Crippen LogP contribution in [0.3, 0.4) is 0 Å². The Balaban J connectivity index is 2.90. The highest BCUT2D eigenvalue weighted by Gasteiger charge is 2.25. The summed E-state index contributed by atoms with van der Waals surface area (Å²) in [5, 5.41) is 7.40. The minimum absolute atomic E-state index is 0.509. The van der Waals surface area contributed by atoms with E-state index in [0.717, 1.165) is 12.1 Å². The van der Waals surface area contributed by atoms with Crippen molar-refractivity contribution in [2.24, 2.45) is 0 Å². The van der Waals surface area contributed by atoms with Crippen molar-refractivity contribution in [3.05, 3.63) is 17.9 Å². The zero-order valence-electron chi connectivity index (χ0n) is 10.4. The van der Waals surface area contributed by atoms with Crippen molar-refractivity contribution in [2.45, 2.75) is 24.2 Å². The number of aromatic carboxylic acids is 1. The molecule has 19 heavy (non-hydrogen) atoms. The summed E-state index contributed by atoms with van der Waals surface area (Å²) in [6.07, 6.45) is 0. The number of hydrogen-bond donors (Lipinski definition) is 1. The molecule has 0 bridgehead atoms. The first kappa shape index (κ1) is 15.7. The molecule has 0 radical (unpaired) electrons. The molecule has 0 fully saturated rings. The molecule has 1 N–H and O–H groups in total. The van der Waals surface area contributed by atoms with Crippen LogP contribution < -0.4 is 0 Å². The summed E-state index contributed by atoms with van der Waals surface area (Å²) in [7, 11) is -7.43. The van der Waals surface area contributed by atoms with E-state index in [2.05, 4.69) is 4.42 Å². The molecule has 0 aliphatic heterocycles. The van der Waals surface area contributed by atoms with E-state index >= 15 is 0 Å². The van der Waals surface area contributed by atoms with Gasteiger partial charge in [0.25, 0.3) is 0 Å². The van der Waals surface area contributed by atoms with Crippen LogP contribution in [0.1, 0.15) is 24.4 Å². The Hall–Kier alpha value is -1.35. The molecular weight excluding hydrogens is 296 g/mol. The highest BCUT2D eigenvalue weighted by Crippen LogP contribution is 2.16. The van der Waals surface area contributed by atoms with Crippen molar-refractivity contribution < 1.29 is 31.2 Å². The predicted molar refractivity (Wildman–Crippen MR) is 66.6 cm³/mol. The number of carbonyl (C=O) groups is 1. The molecule has 0 aliphatic carbocycles. The molecule has 7 nitrogen and oxygen atoms in total. The molecule has 108 valence electrons. The largest absolute Gasteiger partial charge is 0.475 e. The van der Waals surface area contributed by atoms with Gasteiger partial charge in [0.2, 0.25) is 20.7 Å². The second kappa shape index (κ2) is 5.33. The van der Waals surface area contributed by atoms with Gasteiger partial charge in [-0.3, -0.25) is 0 Å². The maximum Gasteiger partial charge on any atom is 0.371 e. The van der Waals surface area contributed by atoms with Crippen LogP contribution >= 0.6 is 0 Å². The summed E-state index contributed by atoms with van der Waals surface area (Å²) in [5.74, 6) is -3.07. The first-order chi connectivity index (χ1) is 8.56. The fraction of sp³-hybridized carbons (Fsp3) is 0.500. The van der Waals surface area contributed by atoms with Gasteiger partial charge in [0.05, 0.1) is 16.8 Å². The normalized spacial score (nSPS) is 12.8. The smallest absolute Gasteiger partial charge is 0.371 e. The van der Waals surface area contributed by atoms with Gasteiger partial charge in [-0.25, -0.2) is 21.6 Å². The first-order valence-corrected chi connectivity index (χ1v) is 8.70. The zero-order chi connectivity index (χ0) is 14.8. The summed E-state index contributed by atoms with van der Waals surface area (Å²) < 4.78 is 51.3. The molecule has 0 saturated heterocycles. The molecule has 0 saturated carbocycles. The molecule has 0 aromatic carbocycles. The molecule has 0 aliphatic rings. The zero-order valence-corrected chi connectivity index (χ0v) is 12.0. The molecule has 9 heteroatoms. The fourth-order valence-corrected chi connectivity index (χ4v) is 4.14. The van der Waals surface area contributed by atoms with Gasteiger partial charge >= 0.3 is 5.97 Å². The Morgan fingerprint density at radius 2 is 1.79 bits per heavy atom. The lowest BCUT2D eigenvalue weighted by Gasteiger charge is -2.06. The first-order valence-electron chi connectivity index (χ1n) is 5.34. The predicted octanol–water partition coefficient (Wildman–Crippen LogP) is 0.575. The van der Waals surface area contributed by atoms with E-state index < -0.39 is 53.3 Å². The van der Waals surface area contributed by atoms with Gasteiger partial charge in [-0.05, 0) is 26.0 Å². The average molecular weight is 310 g/mol. The minimum Gasteiger partial charge on any atom is -0.475 e. The van der Waals surface area contributed by atoms with Gasteiger partial charge in [0, 0.05) is 0 Å². The SMILES string of the molecule is CC(C)S(=O)(=O)CCS(=O)(=O)c1ccc(C(=O)O)o1. The second-order valence-corrected chi connectivity index (χ2v) is 8.88. The Bertz CT molecular complexity index is 664. The van der Waals surface area contributed by atoms with Gasteiger partial charge in [0.1, 0.15) is 0 Å². The second-order valence-electron chi connectivity index (χ2n) is 4.16. The summed E-state index contributed by atoms with van der Waals surface area (Å²) >= 11 is 0. The van der Waals surface area contributed by atoms with Gasteiger partial charge < -0.3 is 9.52 Å². The molecular formula is C10H14O7S2. The van der Waals surface area contributed by atoms with Gasteiger partial charge in [0.15, 0.2) is 9.84 Å². The van der Waals surface area contributed by atoms with Crippen LogP contribution in [0, 0.1) is 0 Å². The van der Waals surface area contributed by atoms with Crippen molar-refractivity contribution in [2.75, 3.05) is 11.5 Å². The number of carboxylic acids is 1. The highest BCUT2D eigenvalue weighted by molar-refractivity contribution is 7.95. The summed E-state index contributed by atoms with van der Waals surface area (Å²) in [5.41, 5.74) is 0. The van der Waals surface area contributed by atoms with E-state index in [4.69, 9.17) is 5.11 Å². The van der Waals surface area contributed by atoms with Crippen LogP contribution in [0.2, 0.25) is 0 Å². The fourth-order valence-electron chi connectivity index (χ4n) is 1.16. The third-order valence-corrected chi connectivity index (χ3v) is 6.50. The summed E-state index contributed by atoms with van der Waals surface area (Å²) in [6, 6.07) is 2.01. The highest BCUT2D eigenvalue weighted by atomic mass is 32.2. The number of carboxylic acid groups (broad SMARTS) is 1. The van der Waals surface area contributed by atoms with Crippen LogP contribution in [-0.4, -0.2) is 44.7 Å². The van der Waals surface area contributed by atoms with Crippen LogP contribution in [0.5, 0.6) is 0 Å². The summed E-state index contributed by atoms with van der Waals surface area (Å²) in [4.78, 5) is 10.6. The topological polar surface area (TPSA) is 119 Å². The standard InChI is InChI=1S/C10H14O7S2/c1-7(2)18(13,14)5-6-19(15,16)9-4-3-8(17-9)10(11)12/h3-4,7H,5-6H2,1-2H3,(H,11,12). The molecule has 0 amide bonds. The summed E-state index contributed by atoms with van der Waals surface area (Å²) in [6.45, 7) is 2.91. The number of rotatable bonds is 6. The molecule has 1 aromatic heterocycles. The van der Waals surface area contributed by atoms with Crippen molar-refractivity contribution >= 4 is 25.6 Å². The maximum absolute atomic E-state index is 11.8. The number of furan rings is 1.